The Morgan fingerprint density at radius 1 is 1.03 bits per heavy atom. The Labute approximate surface area is 180 Å². The molecule has 0 unspecified atom stereocenters. The Balaban J connectivity index is 1.77. The summed E-state index contributed by atoms with van der Waals surface area (Å²) in [5.41, 5.74) is 2.62. The molecule has 0 saturated carbocycles. The highest BCUT2D eigenvalue weighted by molar-refractivity contribution is 5.74. The lowest BCUT2D eigenvalue weighted by Crippen LogP contribution is -2.11. The summed E-state index contributed by atoms with van der Waals surface area (Å²) in [7, 11) is 3.16. The van der Waals surface area contributed by atoms with Gasteiger partial charge in [0, 0.05) is 12.2 Å². The SMILES string of the molecule is CCc1ccccc1Nc1ncnc(NCCc2ccc(OC)c(OC)c2)c1[N+](=O)[O-]. The van der Waals surface area contributed by atoms with Crippen molar-refractivity contribution in [2.24, 2.45) is 0 Å². The van der Waals surface area contributed by atoms with Crippen LogP contribution < -0.4 is 20.1 Å². The Hall–Kier alpha value is -3.88. The van der Waals surface area contributed by atoms with Gasteiger partial charge in [-0.05, 0) is 42.2 Å². The van der Waals surface area contributed by atoms with Crippen molar-refractivity contribution in [1.82, 2.24) is 9.97 Å². The van der Waals surface area contributed by atoms with E-state index in [2.05, 4.69) is 20.6 Å². The lowest BCUT2D eigenvalue weighted by atomic mass is 10.1. The van der Waals surface area contributed by atoms with Crippen molar-refractivity contribution in [3.05, 3.63) is 70.0 Å². The van der Waals surface area contributed by atoms with Crippen LogP contribution in [0.1, 0.15) is 18.1 Å². The van der Waals surface area contributed by atoms with E-state index in [0.29, 0.717) is 24.5 Å². The standard InChI is InChI=1S/C22H25N5O4/c1-4-16-7-5-6-8-17(16)26-22-20(27(28)29)21(24-14-25-22)23-12-11-15-9-10-18(30-2)19(13-15)31-3/h5-10,13-14H,4,11-12H2,1-3H3,(H2,23,24,25,26). The predicted molar refractivity (Wildman–Crippen MR) is 120 cm³/mol. The molecule has 0 amide bonds. The molecule has 162 valence electrons. The quantitative estimate of drug-likeness (QED) is 0.365. The lowest BCUT2D eigenvalue weighted by molar-refractivity contribution is -0.383. The van der Waals surface area contributed by atoms with Crippen molar-refractivity contribution in [2.75, 3.05) is 31.4 Å². The van der Waals surface area contributed by atoms with Crippen LogP contribution >= 0.6 is 0 Å². The molecular formula is C22H25N5O4. The minimum absolute atomic E-state index is 0.148. The molecule has 2 N–H and O–H groups in total. The molecular weight excluding hydrogens is 398 g/mol. The molecule has 0 fully saturated rings. The maximum absolute atomic E-state index is 11.8. The van der Waals surface area contributed by atoms with Crippen molar-refractivity contribution in [2.45, 2.75) is 19.8 Å². The van der Waals surface area contributed by atoms with Crippen LogP contribution in [-0.4, -0.2) is 35.7 Å². The van der Waals surface area contributed by atoms with Crippen molar-refractivity contribution in [1.29, 1.82) is 0 Å². The summed E-state index contributed by atoms with van der Waals surface area (Å²) >= 11 is 0. The number of hydrogen-bond donors (Lipinski definition) is 2. The molecule has 3 aromatic rings. The molecule has 31 heavy (non-hydrogen) atoms. The Morgan fingerprint density at radius 2 is 1.77 bits per heavy atom. The fourth-order valence-corrected chi connectivity index (χ4v) is 3.21. The van der Waals surface area contributed by atoms with E-state index in [4.69, 9.17) is 9.47 Å². The number of para-hydroxylation sites is 1. The zero-order valence-corrected chi connectivity index (χ0v) is 17.7. The first kappa shape index (κ1) is 21.8. The van der Waals surface area contributed by atoms with E-state index >= 15 is 0 Å². The van der Waals surface area contributed by atoms with E-state index in [1.165, 1.54) is 6.33 Å². The minimum atomic E-state index is -0.477. The molecule has 0 bridgehead atoms. The molecule has 3 rings (SSSR count). The zero-order valence-electron chi connectivity index (χ0n) is 17.7. The van der Waals surface area contributed by atoms with Gasteiger partial charge in [-0.15, -0.1) is 0 Å². The highest BCUT2D eigenvalue weighted by Gasteiger charge is 2.23. The second-order valence-corrected chi connectivity index (χ2v) is 6.68. The lowest BCUT2D eigenvalue weighted by Gasteiger charge is -2.13. The number of nitro groups is 1. The first-order valence-corrected chi connectivity index (χ1v) is 9.86. The molecule has 0 aliphatic heterocycles. The maximum atomic E-state index is 11.8. The van der Waals surface area contributed by atoms with E-state index in [0.717, 1.165) is 23.2 Å². The van der Waals surface area contributed by atoms with Gasteiger partial charge in [-0.3, -0.25) is 10.1 Å². The molecule has 0 aliphatic rings. The second kappa shape index (κ2) is 10.2. The number of nitrogens with zero attached hydrogens (tertiary/aromatic N) is 3. The zero-order chi connectivity index (χ0) is 22.2. The highest BCUT2D eigenvalue weighted by Crippen LogP contribution is 2.32. The van der Waals surface area contributed by atoms with Crippen LogP contribution in [0.2, 0.25) is 0 Å². The van der Waals surface area contributed by atoms with Crippen LogP contribution in [0.25, 0.3) is 0 Å². The van der Waals surface area contributed by atoms with E-state index in [1.807, 2.05) is 49.4 Å². The molecule has 2 aromatic carbocycles. The number of ether oxygens (including phenoxy) is 2. The summed E-state index contributed by atoms with van der Waals surface area (Å²) in [5.74, 6) is 1.59. The molecule has 9 nitrogen and oxygen atoms in total. The van der Waals surface area contributed by atoms with Crippen molar-refractivity contribution in [3.8, 4) is 11.5 Å². The van der Waals surface area contributed by atoms with Crippen molar-refractivity contribution >= 4 is 23.0 Å². The number of anilines is 3. The largest absolute Gasteiger partial charge is 0.493 e. The van der Waals surface area contributed by atoms with Crippen LogP contribution in [0.3, 0.4) is 0 Å². The molecule has 0 aliphatic carbocycles. The monoisotopic (exact) mass is 423 g/mol. The summed E-state index contributed by atoms with van der Waals surface area (Å²) in [5, 5.41) is 17.9. The molecule has 9 heteroatoms. The molecule has 0 radical (unpaired) electrons. The van der Waals surface area contributed by atoms with Gasteiger partial charge in [0.05, 0.1) is 19.1 Å². The second-order valence-electron chi connectivity index (χ2n) is 6.68. The molecule has 0 atom stereocenters. The number of aromatic nitrogens is 2. The first-order valence-electron chi connectivity index (χ1n) is 9.86. The number of methoxy groups -OCH3 is 2. The molecule has 1 heterocycles. The normalized spacial score (nSPS) is 10.4. The Kier molecular flexibility index (Phi) is 7.21. The minimum Gasteiger partial charge on any atom is -0.493 e. The van der Waals surface area contributed by atoms with E-state index in [9.17, 15) is 10.1 Å². The van der Waals surface area contributed by atoms with E-state index in [1.54, 1.807) is 14.2 Å². The van der Waals surface area contributed by atoms with Gasteiger partial charge in [0.25, 0.3) is 0 Å². The third-order valence-electron chi connectivity index (χ3n) is 4.81. The highest BCUT2D eigenvalue weighted by atomic mass is 16.6. The fraction of sp³-hybridized carbons (Fsp3) is 0.273. The van der Waals surface area contributed by atoms with Crippen LogP contribution in [0.15, 0.2) is 48.8 Å². The van der Waals surface area contributed by atoms with Gasteiger partial charge in [-0.2, -0.15) is 0 Å². The summed E-state index contributed by atoms with van der Waals surface area (Å²) in [6, 6.07) is 13.3. The maximum Gasteiger partial charge on any atom is 0.353 e. The topological polar surface area (TPSA) is 111 Å². The predicted octanol–water partition coefficient (Wildman–Crippen LogP) is 4.36. The van der Waals surface area contributed by atoms with Crippen LogP contribution in [0.5, 0.6) is 11.5 Å². The number of benzene rings is 2. The fourth-order valence-electron chi connectivity index (χ4n) is 3.21. The summed E-state index contributed by atoms with van der Waals surface area (Å²) < 4.78 is 10.6. The van der Waals surface area contributed by atoms with Gasteiger partial charge in [0.2, 0.25) is 11.6 Å². The van der Waals surface area contributed by atoms with E-state index < -0.39 is 4.92 Å². The molecule has 0 saturated heterocycles. The Morgan fingerprint density at radius 3 is 2.48 bits per heavy atom. The molecule has 0 spiro atoms. The van der Waals surface area contributed by atoms with Crippen molar-refractivity contribution < 1.29 is 14.4 Å². The summed E-state index contributed by atoms with van der Waals surface area (Å²) in [6.45, 7) is 2.47. The van der Waals surface area contributed by atoms with E-state index in [-0.39, 0.29) is 17.3 Å². The van der Waals surface area contributed by atoms with Gasteiger partial charge < -0.3 is 20.1 Å². The van der Waals surface area contributed by atoms with Gasteiger partial charge in [-0.25, -0.2) is 9.97 Å². The average Bonchev–Trinajstić information content (AvgIpc) is 2.79. The van der Waals surface area contributed by atoms with Crippen LogP contribution in [0, 0.1) is 10.1 Å². The van der Waals surface area contributed by atoms with Gasteiger partial charge >= 0.3 is 5.69 Å². The third-order valence-corrected chi connectivity index (χ3v) is 4.81. The number of aryl methyl sites for hydroxylation is 1. The van der Waals surface area contributed by atoms with Gasteiger partial charge in [0.1, 0.15) is 6.33 Å². The molecule has 1 aromatic heterocycles. The van der Waals surface area contributed by atoms with Gasteiger partial charge in [0.15, 0.2) is 11.5 Å². The van der Waals surface area contributed by atoms with Gasteiger partial charge in [-0.1, -0.05) is 31.2 Å². The number of rotatable bonds is 10. The van der Waals surface area contributed by atoms with Crippen molar-refractivity contribution in [3.63, 3.8) is 0 Å². The average molecular weight is 423 g/mol. The number of hydrogen-bond acceptors (Lipinski definition) is 8. The number of nitrogens with one attached hydrogen (secondary N) is 2. The first-order chi connectivity index (χ1) is 15.1. The van der Waals surface area contributed by atoms with Crippen LogP contribution in [0.4, 0.5) is 23.0 Å². The third kappa shape index (κ3) is 5.19. The summed E-state index contributed by atoms with van der Waals surface area (Å²) in [6.07, 6.45) is 2.71. The van der Waals surface area contributed by atoms with Crippen LogP contribution in [-0.2, 0) is 12.8 Å². The summed E-state index contributed by atoms with van der Waals surface area (Å²) in [4.78, 5) is 19.5. The Bertz CT molecular complexity index is 1060. The smallest absolute Gasteiger partial charge is 0.353 e.